The van der Waals surface area contributed by atoms with E-state index in [0.29, 0.717) is 0 Å². The third kappa shape index (κ3) is 3.59. The summed E-state index contributed by atoms with van der Waals surface area (Å²) in [4.78, 5) is 0. The highest BCUT2D eigenvalue weighted by molar-refractivity contribution is 6.09. The predicted octanol–water partition coefficient (Wildman–Crippen LogP) is 8.68. The molecular formula is C30H30. The molecule has 5 aromatic rings. The summed E-state index contributed by atoms with van der Waals surface area (Å²) >= 11 is 0. The Balaban J connectivity index is 0.000000147. The van der Waals surface area contributed by atoms with Crippen molar-refractivity contribution in [3.05, 3.63) is 106 Å². The summed E-state index contributed by atoms with van der Waals surface area (Å²) in [5.74, 6) is 0. The minimum Gasteiger partial charge on any atom is -0.0616 e. The van der Waals surface area contributed by atoms with Crippen molar-refractivity contribution in [1.29, 1.82) is 0 Å². The van der Waals surface area contributed by atoms with E-state index in [0.717, 1.165) is 0 Å². The van der Waals surface area contributed by atoms with Gasteiger partial charge in [0.15, 0.2) is 0 Å². The third-order valence-electron chi connectivity index (χ3n) is 6.32. The average Bonchev–Trinajstić information content (AvgIpc) is 2.72. The minimum absolute atomic E-state index is 1.32. The molecule has 0 N–H and O–H groups in total. The van der Waals surface area contributed by atoms with Crippen molar-refractivity contribution in [3.63, 3.8) is 0 Å². The number of fused-ring (bicyclic) bond motifs is 4. The van der Waals surface area contributed by atoms with Gasteiger partial charge in [-0.3, -0.25) is 0 Å². The summed E-state index contributed by atoms with van der Waals surface area (Å²) in [6.45, 7) is 13.1. The fourth-order valence-corrected chi connectivity index (χ4v) is 4.62. The van der Waals surface area contributed by atoms with Crippen LogP contribution in [0.1, 0.15) is 33.4 Å². The van der Waals surface area contributed by atoms with E-state index in [9.17, 15) is 0 Å². The Kier molecular flexibility index (Phi) is 5.35. The molecule has 150 valence electrons. The highest BCUT2D eigenvalue weighted by atomic mass is 14.1. The first kappa shape index (κ1) is 20.2. The van der Waals surface area contributed by atoms with Gasteiger partial charge in [-0.25, -0.2) is 0 Å². The summed E-state index contributed by atoms with van der Waals surface area (Å²) in [7, 11) is 0. The SMILES string of the molecule is Cc1cc(C)c2cccc(C)c2c1C.Cc1ccc2c(c1)cc(C)c1ccccc12. The zero-order valence-electron chi connectivity index (χ0n) is 18.9. The maximum absolute atomic E-state index is 2.28. The number of hydrogen-bond acceptors (Lipinski definition) is 0. The molecule has 0 nitrogen and oxygen atoms in total. The van der Waals surface area contributed by atoms with E-state index >= 15 is 0 Å². The molecule has 0 saturated carbocycles. The van der Waals surface area contributed by atoms with E-state index in [1.807, 2.05) is 0 Å². The quantitative estimate of drug-likeness (QED) is 0.232. The van der Waals surface area contributed by atoms with Gasteiger partial charge >= 0.3 is 0 Å². The lowest BCUT2D eigenvalue weighted by molar-refractivity contribution is 1.33. The molecular weight excluding hydrogens is 360 g/mol. The lowest BCUT2D eigenvalue weighted by Gasteiger charge is -2.11. The molecule has 5 rings (SSSR count). The summed E-state index contributed by atoms with van der Waals surface area (Å²) in [5.41, 5.74) is 8.25. The van der Waals surface area contributed by atoms with Crippen molar-refractivity contribution in [3.8, 4) is 0 Å². The molecule has 0 unspecified atom stereocenters. The van der Waals surface area contributed by atoms with Gasteiger partial charge in [0.25, 0.3) is 0 Å². The molecule has 0 atom stereocenters. The van der Waals surface area contributed by atoms with E-state index in [1.165, 1.54) is 65.7 Å². The normalized spacial score (nSPS) is 11.0. The van der Waals surface area contributed by atoms with Gasteiger partial charge in [0.1, 0.15) is 0 Å². The van der Waals surface area contributed by atoms with Crippen LogP contribution in [0.4, 0.5) is 0 Å². The van der Waals surface area contributed by atoms with Crippen LogP contribution >= 0.6 is 0 Å². The molecule has 0 saturated heterocycles. The fourth-order valence-electron chi connectivity index (χ4n) is 4.62. The number of benzene rings is 5. The van der Waals surface area contributed by atoms with Gasteiger partial charge < -0.3 is 0 Å². The van der Waals surface area contributed by atoms with Gasteiger partial charge in [-0.2, -0.15) is 0 Å². The summed E-state index contributed by atoms with van der Waals surface area (Å²) in [5, 5.41) is 8.25. The van der Waals surface area contributed by atoms with Gasteiger partial charge in [0.2, 0.25) is 0 Å². The van der Waals surface area contributed by atoms with Crippen molar-refractivity contribution in [2.45, 2.75) is 41.5 Å². The van der Waals surface area contributed by atoms with E-state index in [2.05, 4.69) is 114 Å². The molecule has 5 aromatic carbocycles. The van der Waals surface area contributed by atoms with Crippen molar-refractivity contribution in [2.75, 3.05) is 0 Å². The Morgan fingerprint density at radius 3 is 1.87 bits per heavy atom. The third-order valence-corrected chi connectivity index (χ3v) is 6.32. The monoisotopic (exact) mass is 390 g/mol. The molecule has 0 aromatic heterocycles. The maximum atomic E-state index is 2.28. The second-order valence-electron chi connectivity index (χ2n) is 8.60. The zero-order chi connectivity index (χ0) is 21.4. The Morgan fingerprint density at radius 1 is 0.433 bits per heavy atom. The summed E-state index contributed by atoms with van der Waals surface area (Å²) in [6, 6.07) is 26.4. The van der Waals surface area contributed by atoms with Crippen LogP contribution in [0.5, 0.6) is 0 Å². The highest BCUT2D eigenvalue weighted by Gasteiger charge is 2.05. The molecule has 0 aliphatic rings. The van der Waals surface area contributed by atoms with Gasteiger partial charge in [-0.05, 0) is 102 Å². The Morgan fingerprint density at radius 2 is 1.10 bits per heavy atom. The van der Waals surface area contributed by atoms with Crippen LogP contribution in [0.3, 0.4) is 0 Å². The average molecular weight is 391 g/mol. The summed E-state index contributed by atoms with van der Waals surface area (Å²) in [6.07, 6.45) is 0. The molecule has 0 fully saturated rings. The smallest absolute Gasteiger partial charge is 0.0103 e. The predicted molar refractivity (Wildman–Crippen MR) is 134 cm³/mol. The summed E-state index contributed by atoms with van der Waals surface area (Å²) < 4.78 is 0. The van der Waals surface area contributed by atoms with Gasteiger partial charge in [-0.1, -0.05) is 78.4 Å². The molecule has 30 heavy (non-hydrogen) atoms. The van der Waals surface area contributed by atoms with Crippen LogP contribution in [-0.4, -0.2) is 0 Å². The molecule has 0 heteroatoms. The Hall–Kier alpha value is -3.12. The lowest BCUT2D eigenvalue weighted by atomic mass is 9.94. The first-order valence-electron chi connectivity index (χ1n) is 10.7. The molecule has 0 amide bonds. The fraction of sp³-hybridized carbons (Fsp3) is 0.200. The first-order valence-corrected chi connectivity index (χ1v) is 10.7. The molecule has 0 heterocycles. The van der Waals surface area contributed by atoms with Crippen LogP contribution in [0.2, 0.25) is 0 Å². The topological polar surface area (TPSA) is 0 Å². The molecule has 0 radical (unpaired) electrons. The minimum atomic E-state index is 1.32. The largest absolute Gasteiger partial charge is 0.0616 e. The highest BCUT2D eigenvalue weighted by Crippen LogP contribution is 2.29. The molecule has 0 aliphatic carbocycles. The van der Waals surface area contributed by atoms with Crippen LogP contribution in [0.25, 0.3) is 32.3 Å². The van der Waals surface area contributed by atoms with E-state index in [1.54, 1.807) is 0 Å². The number of aryl methyl sites for hydroxylation is 6. The first-order chi connectivity index (χ1) is 14.4. The molecule has 0 bridgehead atoms. The van der Waals surface area contributed by atoms with Gasteiger partial charge in [-0.15, -0.1) is 0 Å². The lowest BCUT2D eigenvalue weighted by Crippen LogP contribution is -1.89. The second kappa shape index (κ2) is 7.95. The van der Waals surface area contributed by atoms with Crippen molar-refractivity contribution in [1.82, 2.24) is 0 Å². The second-order valence-corrected chi connectivity index (χ2v) is 8.60. The van der Waals surface area contributed by atoms with E-state index < -0.39 is 0 Å². The zero-order valence-corrected chi connectivity index (χ0v) is 18.9. The van der Waals surface area contributed by atoms with Crippen LogP contribution in [-0.2, 0) is 0 Å². The van der Waals surface area contributed by atoms with Gasteiger partial charge in [0.05, 0.1) is 0 Å². The van der Waals surface area contributed by atoms with E-state index in [-0.39, 0.29) is 0 Å². The molecule has 0 aliphatic heterocycles. The van der Waals surface area contributed by atoms with Crippen molar-refractivity contribution < 1.29 is 0 Å². The van der Waals surface area contributed by atoms with Crippen LogP contribution < -0.4 is 0 Å². The number of hydrogen-bond donors (Lipinski definition) is 0. The number of rotatable bonds is 0. The van der Waals surface area contributed by atoms with E-state index in [4.69, 9.17) is 0 Å². The van der Waals surface area contributed by atoms with Crippen molar-refractivity contribution >= 4 is 32.3 Å². The van der Waals surface area contributed by atoms with Gasteiger partial charge in [0, 0.05) is 0 Å². The molecule has 0 spiro atoms. The van der Waals surface area contributed by atoms with Crippen LogP contribution in [0.15, 0.2) is 72.8 Å². The standard InChI is InChI=1S/C16H14.C14H16/c1-11-7-8-15-13(9-11)10-12(2)14-5-3-4-6-16(14)15;1-9-6-5-7-13-11(3)8-10(2)12(4)14(9)13/h3-10H,1-2H3;5-8H,1-4H3. The Bertz CT molecular complexity index is 1390. The van der Waals surface area contributed by atoms with Crippen LogP contribution in [0, 0.1) is 41.5 Å². The maximum Gasteiger partial charge on any atom is -0.0103 e. The Labute approximate surface area is 180 Å². The van der Waals surface area contributed by atoms with Crippen molar-refractivity contribution in [2.24, 2.45) is 0 Å².